The Labute approximate surface area is 185 Å². The number of hydrogen-bond acceptors (Lipinski definition) is 3. The number of halogens is 5. The van der Waals surface area contributed by atoms with Crippen molar-refractivity contribution in [1.82, 2.24) is 15.6 Å². The van der Waals surface area contributed by atoms with Crippen LogP contribution in [-0.4, -0.2) is 30.6 Å². The summed E-state index contributed by atoms with van der Waals surface area (Å²) in [7, 11) is 1.68. The molecule has 1 aromatic carbocycles. The first-order valence-corrected chi connectivity index (χ1v) is 9.78. The molecule has 10 heteroatoms. The smallest absolute Gasteiger partial charge is 0.356 e. The summed E-state index contributed by atoms with van der Waals surface area (Å²) in [5.74, 6) is 1.11. The summed E-state index contributed by atoms with van der Waals surface area (Å²) >= 11 is 4.46. The van der Waals surface area contributed by atoms with E-state index in [0.29, 0.717) is 35.9 Å². The minimum atomic E-state index is -4.38. The van der Waals surface area contributed by atoms with Crippen molar-refractivity contribution in [3.8, 4) is 0 Å². The van der Waals surface area contributed by atoms with E-state index in [4.69, 9.17) is 0 Å². The molecule has 1 aliphatic carbocycles. The number of alkyl halides is 3. The van der Waals surface area contributed by atoms with E-state index in [1.54, 1.807) is 7.05 Å². The van der Waals surface area contributed by atoms with E-state index in [-0.39, 0.29) is 24.0 Å². The van der Waals surface area contributed by atoms with Crippen molar-refractivity contribution in [1.29, 1.82) is 0 Å². The third-order valence-electron chi connectivity index (χ3n) is 4.11. The molecule has 2 aromatic rings. The fraction of sp³-hybridized carbons (Fsp3) is 0.412. The van der Waals surface area contributed by atoms with Crippen LogP contribution >= 0.6 is 51.2 Å². The van der Waals surface area contributed by atoms with Crippen LogP contribution in [-0.2, 0) is 12.6 Å². The molecule has 0 amide bonds. The molecule has 4 nitrogen and oxygen atoms in total. The Morgan fingerprint density at radius 1 is 1.33 bits per heavy atom. The summed E-state index contributed by atoms with van der Waals surface area (Å²) in [5.41, 5.74) is 0.457. The first kappa shape index (κ1) is 22.4. The van der Waals surface area contributed by atoms with Crippen LogP contribution in [0, 0.1) is 0 Å². The lowest BCUT2D eigenvalue weighted by Gasteiger charge is -2.11. The number of rotatable bonds is 5. The van der Waals surface area contributed by atoms with Gasteiger partial charge >= 0.3 is 6.18 Å². The lowest BCUT2D eigenvalue weighted by molar-refractivity contribution is -0.140. The largest absolute Gasteiger partial charge is 0.434 e. The van der Waals surface area contributed by atoms with Crippen LogP contribution in [0.4, 0.5) is 13.2 Å². The molecule has 1 aromatic heterocycles. The highest BCUT2D eigenvalue weighted by Crippen LogP contribution is 2.41. The Balaban J connectivity index is 0.00000261. The van der Waals surface area contributed by atoms with E-state index < -0.39 is 11.9 Å². The second kappa shape index (κ2) is 9.55. The summed E-state index contributed by atoms with van der Waals surface area (Å²) in [6, 6.07) is 8.59. The van der Waals surface area contributed by atoms with Crippen molar-refractivity contribution >= 4 is 57.2 Å². The van der Waals surface area contributed by atoms with E-state index >= 15 is 0 Å². The molecule has 148 valence electrons. The minimum Gasteiger partial charge on any atom is -0.356 e. The van der Waals surface area contributed by atoms with Gasteiger partial charge in [0.05, 0.1) is 5.01 Å². The fourth-order valence-corrected chi connectivity index (χ4v) is 3.72. The Hall–Kier alpha value is -0.880. The van der Waals surface area contributed by atoms with Crippen molar-refractivity contribution < 1.29 is 13.2 Å². The highest BCUT2D eigenvalue weighted by atomic mass is 127. The quantitative estimate of drug-likeness (QED) is 0.306. The molecule has 0 saturated heterocycles. The van der Waals surface area contributed by atoms with Crippen LogP contribution in [0.1, 0.15) is 28.6 Å². The summed E-state index contributed by atoms with van der Waals surface area (Å²) < 4.78 is 38.7. The molecule has 1 aliphatic rings. The summed E-state index contributed by atoms with van der Waals surface area (Å²) in [5, 5.41) is 7.99. The predicted molar refractivity (Wildman–Crippen MR) is 116 cm³/mol. The maximum absolute atomic E-state index is 12.6. The Morgan fingerprint density at radius 3 is 2.63 bits per heavy atom. The van der Waals surface area contributed by atoms with Crippen LogP contribution < -0.4 is 10.6 Å². The highest BCUT2D eigenvalue weighted by Gasteiger charge is 2.39. The number of guanidine groups is 1. The van der Waals surface area contributed by atoms with E-state index in [0.717, 1.165) is 27.6 Å². The van der Waals surface area contributed by atoms with Crippen molar-refractivity contribution in [2.45, 2.75) is 31.0 Å². The molecule has 2 atom stereocenters. The van der Waals surface area contributed by atoms with Crippen molar-refractivity contribution in [3.63, 3.8) is 0 Å². The van der Waals surface area contributed by atoms with Gasteiger partial charge < -0.3 is 10.6 Å². The molecule has 0 radical (unpaired) electrons. The lowest BCUT2D eigenvalue weighted by Crippen LogP contribution is -2.39. The Morgan fingerprint density at radius 2 is 2.04 bits per heavy atom. The van der Waals surface area contributed by atoms with Gasteiger partial charge in [0.1, 0.15) is 0 Å². The van der Waals surface area contributed by atoms with Gasteiger partial charge in [0, 0.05) is 41.8 Å². The average Bonchev–Trinajstić information content (AvgIpc) is 3.17. The van der Waals surface area contributed by atoms with Gasteiger partial charge in [-0.3, -0.25) is 4.99 Å². The van der Waals surface area contributed by atoms with Crippen molar-refractivity contribution in [3.05, 3.63) is 50.4 Å². The van der Waals surface area contributed by atoms with Crippen LogP contribution in [0.2, 0.25) is 0 Å². The molecule has 1 heterocycles. The maximum Gasteiger partial charge on any atom is 0.434 e. The highest BCUT2D eigenvalue weighted by molar-refractivity contribution is 14.0. The average molecular weight is 575 g/mol. The van der Waals surface area contributed by atoms with Gasteiger partial charge in [-0.2, -0.15) is 13.2 Å². The maximum atomic E-state index is 12.6. The second-order valence-corrected chi connectivity index (χ2v) is 7.88. The number of nitrogens with one attached hydrogen (secondary N) is 2. The monoisotopic (exact) mass is 574 g/mol. The number of aromatic nitrogens is 1. The normalized spacial score (nSPS) is 19.4. The van der Waals surface area contributed by atoms with Gasteiger partial charge in [0.25, 0.3) is 0 Å². The number of benzene rings is 1. The molecule has 2 unspecified atom stereocenters. The van der Waals surface area contributed by atoms with Gasteiger partial charge in [0.15, 0.2) is 11.7 Å². The second-order valence-electron chi connectivity index (χ2n) is 6.02. The molecule has 0 bridgehead atoms. The van der Waals surface area contributed by atoms with E-state index in [2.05, 4.69) is 48.7 Å². The zero-order valence-electron chi connectivity index (χ0n) is 14.4. The van der Waals surface area contributed by atoms with Gasteiger partial charge in [-0.05, 0) is 24.1 Å². The molecular formula is C17H19BrF3IN4S. The van der Waals surface area contributed by atoms with Crippen LogP contribution in [0.3, 0.4) is 0 Å². The Kier molecular flexibility index (Phi) is 7.93. The van der Waals surface area contributed by atoms with Gasteiger partial charge in [-0.15, -0.1) is 35.3 Å². The molecule has 1 saturated carbocycles. The first-order valence-electron chi connectivity index (χ1n) is 8.11. The lowest BCUT2D eigenvalue weighted by atomic mass is 10.1. The fourth-order valence-electron chi connectivity index (χ4n) is 2.65. The number of thiazole rings is 1. The molecule has 0 spiro atoms. The van der Waals surface area contributed by atoms with Crippen LogP contribution in [0.15, 0.2) is 39.1 Å². The van der Waals surface area contributed by atoms with Gasteiger partial charge in [-0.1, -0.05) is 28.1 Å². The van der Waals surface area contributed by atoms with Gasteiger partial charge in [-0.25, -0.2) is 4.98 Å². The first-order chi connectivity index (χ1) is 12.4. The third kappa shape index (κ3) is 6.31. The Bertz CT molecular complexity index is 779. The van der Waals surface area contributed by atoms with E-state index in [9.17, 15) is 13.2 Å². The summed E-state index contributed by atoms with van der Waals surface area (Å²) in [6.07, 6.45) is -2.93. The predicted octanol–water partition coefficient (Wildman–Crippen LogP) is 4.81. The standard InChI is InChI=1S/C17H18BrF3N4S.HI/c1-22-16(23-7-6-15-25-14(9-26-15)17(19,20)21)24-13-8-12(13)10-2-4-11(18)5-3-10;/h2-5,9,12-13H,6-8H2,1H3,(H2,22,23,24);1H. The molecule has 1 fully saturated rings. The summed E-state index contributed by atoms with van der Waals surface area (Å²) in [4.78, 5) is 7.80. The van der Waals surface area contributed by atoms with Crippen molar-refractivity contribution in [2.75, 3.05) is 13.6 Å². The number of nitrogens with zero attached hydrogens (tertiary/aromatic N) is 2. The molecule has 27 heavy (non-hydrogen) atoms. The van der Waals surface area contributed by atoms with Crippen molar-refractivity contribution in [2.24, 2.45) is 4.99 Å². The van der Waals surface area contributed by atoms with Crippen LogP contribution in [0.5, 0.6) is 0 Å². The van der Waals surface area contributed by atoms with Crippen LogP contribution in [0.25, 0.3) is 0 Å². The third-order valence-corrected chi connectivity index (χ3v) is 5.55. The summed E-state index contributed by atoms with van der Waals surface area (Å²) in [6.45, 7) is 0.472. The molecule has 3 rings (SSSR count). The number of hydrogen-bond donors (Lipinski definition) is 2. The SMILES string of the molecule is CN=C(NCCc1nc(C(F)(F)F)cs1)NC1CC1c1ccc(Br)cc1.I. The zero-order valence-corrected chi connectivity index (χ0v) is 19.1. The molecular weight excluding hydrogens is 556 g/mol. The van der Waals surface area contributed by atoms with E-state index in [1.807, 2.05) is 12.1 Å². The minimum absolute atomic E-state index is 0. The molecule has 0 aliphatic heterocycles. The van der Waals surface area contributed by atoms with Gasteiger partial charge in [0.2, 0.25) is 0 Å². The topological polar surface area (TPSA) is 49.3 Å². The number of aliphatic imine (C=N–C) groups is 1. The molecule has 2 N–H and O–H groups in total. The van der Waals surface area contributed by atoms with E-state index in [1.165, 1.54) is 5.56 Å². The zero-order chi connectivity index (χ0) is 18.7.